The molecule has 7 nitrogen and oxygen atoms in total. The average molecular weight is 458 g/mol. The fraction of sp³-hybridized carbons (Fsp3) is 0.857. The highest BCUT2D eigenvalue weighted by molar-refractivity contribution is 14.0. The molecule has 1 heterocycles. The predicted molar refractivity (Wildman–Crippen MR) is 102 cm³/mol. The molecule has 2 aliphatic rings. The van der Waals surface area contributed by atoms with Crippen LogP contribution in [0.5, 0.6) is 0 Å². The van der Waals surface area contributed by atoms with Gasteiger partial charge in [0, 0.05) is 25.7 Å². The van der Waals surface area contributed by atoms with E-state index in [1.807, 2.05) is 11.8 Å². The van der Waals surface area contributed by atoms with E-state index in [4.69, 9.17) is 0 Å². The predicted octanol–water partition coefficient (Wildman–Crippen LogP) is 0.358. The molecule has 2 N–H and O–H groups in total. The van der Waals surface area contributed by atoms with Gasteiger partial charge in [0.15, 0.2) is 15.8 Å². The second kappa shape index (κ2) is 8.00. The van der Waals surface area contributed by atoms with Crippen molar-refractivity contribution in [2.75, 3.05) is 31.9 Å². The van der Waals surface area contributed by atoms with Crippen LogP contribution in [-0.4, -0.2) is 67.9 Å². The molecule has 2 fully saturated rings. The number of carbonyl (C=O) groups excluding carboxylic acids is 1. The van der Waals surface area contributed by atoms with Gasteiger partial charge in [0.1, 0.15) is 6.54 Å². The maximum Gasteiger partial charge on any atom is 0.242 e. The summed E-state index contributed by atoms with van der Waals surface area (Å²) in [4.78, 5) is 18.0. The van der Waals surface area contributed by atoms with E-state index < -0.39 is 14.6 Å². The van der Waals surface area contributed by atoms with Crippen LogP contribution in [0.25, 0.3) is 0 Å². The van der Waals surface area contributed by atoms with Gasteiger partial charge in [-0.2, -0.15) is 0 Å². The van der Waals surface area contributed by atoms with Crippen LogP contribution in [0.1, 0.15) is 33.6 Å². The van der Waals surface area contributed by atoms with E-state index in [1.54, 1.807) is 13.8 Å². The smallest absolute Gasteiger partial charge is 0.242 e. The third-order valence-electron chi connectivity index (χ3n) is 3.99. The number of hydrogen-bond donors (Lipinski definition) is 2. The van der Waals surface area contributed by atoms with Gasteiger partial charge in [-0.3, -0.25) is 4.79 Å². The number of halogens is 1. The Hall–Kier alpha value is -0.580. The lowest BCUT2D eigenvalue weighted by Crippen LogP contribution is -2.57. The lowest BCUT2D eigenvalue weighted by Gasteiger charge is -2.39. The van der Waals surface area contributed by atoms with Crippen LogP contribution in [-0.2, 0) is 14.6 Å². The molecule has 9 heteroatoms. The highest BCUT2D eigenvalue weighted by Crippen LogP contribution is 2.23. The number of hydrogen-bond acceptors (Lipinski definition) is 4. The number of sulfone groups is 1. The van der Waals surface area contributed by atoms with Crippen LogP contribution in [0, 0.1) is 0 Å². The zero-order valence-corrected chi connectivity index (χ0v) is 17.1. The van der Waals surface area contributed by atoms with Gasteiger partial charge in [-0.25, -0.2) is 13.4 Å². The molecule has 0 aromatic heterocycles. The van der Waals surface area contributed by atoms with E-state index >= 15 is 0 Å². The lowest BCUT2D eigenvalue weighted by molar-refractivity contribution is -0.119. The Morgan fingerprint density at radius 2 is 2.00 bits per heavy atom. The molecule has 1 aliphatic heterocycles. The van der Waals surface area contributed by atoms with Gasteiger partial charge in [-0.15, -0.1) is 24.0 Å². The minimum atomic E-state index is -3.09. The van der Waals surface area contributed by atoms with Crippen LogP contribution in [0.3, 0.4) is 0 Å². The fourth-order valence-corrected chi connectivity index (χ4v) is 3.76. The molecule has 1 aliphatic carbocycles. The molecule has 0 bridgehead atoms. The van der Waals surface area contributed by atoms with E-state index in [1.165, 1.54) is 0 Å². The number of nitrogens with one attached hydrogen (secondary N) is 2. The van der Waals surface area contributed by atoms with Crippen LogP contribution >= 0.6 is 24.0 Å². The first kappa shape index (κ1) is 20.5. The summed E-state index contributed by atoms with van der Waals surface area (Å²) in [7, 11) is -3.09. The van der Waals surface area contributed by atoms with E-state index in [-0.39, 0.29) is 42.2 Å². The Kier molecular flexibility index (Phi) is 7.12. The topological polar surface area (TPSA) is 90.9 Å². The zero-order chi connectivity index (χ0) is 16.4. The van der Waals surface area contributed by atoms with Gasteiger partial charge in [0.2, 0.25) is 5.91 Å². The average Bonchev–Trinajstić information content (AvgIpc) is 3.22. The summed E-state index contributed by atoms with van der Waals surface area (Å²) in [5, 5.41) is 6.04. The van der Waals surface area contributed by atoms with E-state index in [2.05, 4.69) is 15.6 Å². The molecule has 0 aromatic rings. The van der Waals surface area contributed by atoms with Crippen molar-refractivity contribution >= 4 is 45.7 Å². The maximum absolute atomic E-state index is 12.1. The van der Waals surface area contributed by atoms with Gasteiger partial charge in [-0.1, -0.05) is 0 Å². The Morgan fingerprint density at radius 1 is 1.35 bits per heavy atom. The van der Waals surface area contributed by atoms with Crippen LogP contribution in [0.15, 0.2) is 4.99 Å². The van der Waals surface area contributed by atoms with Crippen LogP contribution in [0.2, 0.25) is 0 Å². The first-order chi connectivity index (χ1) is 10.2. The third kappa shape index (κ3) is 5.47. The quantitative estimate of drug-likeness (QED) is 0.361. The monoisotopic (exact) mass is 458 g/mol. The number of aliphatic imine (C=N–C) groups is 1. The standard InChI is InChI=1S/C14H26N4O3S.HI/c1-4-15-13(16-9-12(19)17-11-5-6-11)18-7-8-22(20,21)14(2,3)10-18;/h11H,4-10H2,1-3H3,(H,15,16)(H,17,19);1H. The summed E-state index contributed by atoms with van der Waals surface area (Å²) in [5.41, 5.74) is 0. The highest BCUT2D eigenvalue weighted by Gasteiger charge is 2.41. The molecule has 1 saturated heterocycles. The molecular formula is C14H27IN4O3S. The zero-order valence-electron chi connectivity index (χ0n) is 14.0. The van der Waals surface area contributed by atoms with Gasteiger partial charge in [0.25, 0.3) is 0 Å². The van der Waals surface area contributed by atoms with E-state index in [9.17, 15) is 13.2 Å². The van der Waals surface area contributed by atoms with Gasteiger partial charge in [-0.05, 0) is 33.6 Å². The van der Waals surface area contributed by atoms with Crippen molar-refractivity contribution in [3.8, 4) is 0 Å². The van der Waals surface area contributed by atoms with E-state index in [0.29, 0.717) is 31.6 Å². The number of carbonyl (C=O) groups is 1. The molecule has 1 amide bonds. The molecule has 0 unspecified atom stereocenters. The minimum absolute atomic E-state index is 0. The number of guanidine groups is 1. The van der Waals surface area contributed by atoms with Gasteiger partial charge >= 0.3 is 0 Å². The summed E-state index contributed by atoms with van der Waals surface area (Å²) in [6.07, 6.45) is 2.10. The Balaban J connectivity index is 0.00000264. The van der Waals surface area contributed by atoms with Crippen LogP contribution in [0.4, 0.5) is 0 Å². The first-order valence-electron chi connectivity index (χ1n) is 7.80. The third-order valence-corrected chi connectivity index (χ3v) is 6.53. The number of rotatable bonds is 4. The van der Waals surface area contributed by atoms with Crippen molar-refractivity contribution < 1.29 is 13.2 Å². The summed E-state index contributed by atoms with van der Waals surface area (Å²) in [6.45, 7) is 6.95. The summed E-state index contributed by atoms with van der Waals surface area (Å²) in [5.74, 6) is 0.636. The van der Waals surface area contributed by atoms with Gasteiger partial charge in [0.05, 0.1) is 10.5 Å². The van der Waals surface area contributed by atoms with Crippen molar-refractivity contribution in [3.63, 3.8) is 0 Å². The normalized spacial score (nSPS) is 22.9. The summed E-state index contributed by atoms with van der Waals surface area (Å²) in [6, 6.07) is 0.323. The molecule has 0 aromatic carbocycles. The SMILES string of the molecule is CCNC(=NCC(=O)NC1CC1)N1CCS(=O)(=O)C(C)(C)C1.I. The minimum Gasteiger partial charge on any atom is -0.357 e. The molecule has 0 radical (unpaired) electrons. The summed E-state index contributed by atoms with van der Waals surface area (Å²) < 4.78 is 23.3. The number of amides is 1. The number of nitrogens with zero attached hydrogens (tertiary/aromatic N) is 2. The van der Waals surface area contributed by atoms with Crippen molar-refractivity contribution in [2.45, 2.75) is 44.4 Å². The second-order valence-electron chi connectivity index (χ2n) is 6.51. The van der Waals surface area contributed by atoms with Crippen molar-refractivity contribution in [1.29, 1.82) is 0 Å². The Labute approximate surface area is 155 Å². The molecular weight excluding hydrogens is 431 g/mol. The lowest BCUT2D eigenvalue weighted by atomic mass is 10.2. The Bertz CT molecular complexity index is 558. The first-order valence-corrected chi connectivity index (χ1v) is 9.45. The van der Waals surface area contributed by atoms with Crippen molar-refractivity contribution in [1.82, 2.24) is 15.5 Å². The maximum atomic E-state index is 12.1. The van der Waals surface area contributed by atoms with Crippen molar-refractivity contribution in [2.24, 2.45) is 4.99 Å². The second-order valence-corrected chi connectivity index (χ2v) is 9.25. The van der Waals surface area contributed by atoms with Crippen molar-refractivity contribution in [3.05, 3.63) is 0 Å². The fourth-order valence-electron chi connectivity index (χ4n) is 2.40. The molecule has 0 spiro atoms. The molecule has 23 heavy (non-hydrogen) atoms. The molecule has 0 atom stereocenters. The largest absolute Gasteiger partial charge is 0.357 e. The van der Waals surface area contributed by atoms with Gasteiger partial charge < -0.3 is 15.5 Å². The summed E-state index contributed by atoms with van der Waals surface area (Å²) >= 11 is 0. The molecule has 2 rings (SSSR count). The van der Waals surface area contributed by atoms with E-state index in [0.717, 1.165) is 12.8 Å². The highest BCUT2D eigenvalue weighted by atomic mass is 127. The molecule has 1 saturated carbocycles. The van der Waals surface area contributed by atoms with Crippen LogP contribution < -0.4 is 10.6 Å². The Morgan fingerprint density at radius 3 is 2.52 bits per heavy atom. The molecule has 134 valence electrons.